The van der Waals surface area contributed by atoms with Gasteiger partial charge in [-0.15, -0.1) is 0 Å². The Kier molecular flexibility index (Phi) is 5.37. The predicted molar refractivity (Wildman–Crippen MR) is 98.3 cm³/mol. The zero-order valence-electron chi connectivity index (χ0n) is 14.6. The largest absolute Gasteiger partial charge is 0.497 e. The molecule has 1 fully saturated rings. The Morgan fingerprint density at radius 3 is 2.42 bits per heavy atom. The van der Waals surface area contributed by atoms with Crippen LogP contribution in [0, 0.1) is 5.92 Å². The lowest BCUT2D eigenvalue weighted by Gasteiger charge is -2.37. The van der Waals surface area contributed by atoms with Gasteiger partial charge >= 0.3 is 0 Å². The highest BCUT2D eigenvalue weighted by atomic mass is 16.5. The first-order chi connectivity index (χ1) is 11.7. The third kappa shape index (κ3) is 3.88. The van der Waals surface area contributed by atoms with E-state index in [0.29, 0.717) is 5.92 Å². The van der Waals surface area contributed by atoms with E-state index in [-0.39, 0.29) is 12.2 Å². The molecule has 0 N–H and O–H groups in total. The summed E-state index contributed by atoms with van der Waals surface area (Å²) in [5.74, 6) is 1.26. The Balaban J connectivity index is 1.77. The summed E-state index contributed by atoms with van der Waals surface area (Å²) >= 11 is 0. The smallest absolute Gasteiger partial charge is 0.118 e. The van der Waals surface area contributed by atoms with Crippen LogP contribution < -0.4 is 4.74 Å². The lowest BCUT2D eigenvalue weighted by Crippen LogP contribution is -2.31. The van der Waals surface area contributed by atoms with Gasteiger partial charge in [0.25, 0.3) is 0 Å². The van der Waals surface area contributed by atoms with Crippen molar-refractivity contribution in [1.82, 2.24) is 0 Å². The Hall–Kier alpha value is -2.06. The first-order valence-electron chi connectivity index (χ1n) is 8.66. The van der Waals surface area contributed by atoms with E-state index in [1.807, 2.05) is 12.1 Å². The molecule has 1 saturated heterocycles. The molecule has 0 aliphatic carbocycles. The van der Waals surface area contributed by atoms with E-state index in [0.717, 1.165) is 25.0 Å². The van der Waals surface area contributed by atoms with Crippen LogP contribution in [0.5, 0.6) is 5.75 Å². The molecule has 0 spiro atoms. The summed E-state index contributed by atoms with van der Waals surface area (Å²) in [6.07, 6.45) is 3.52. The van der Waals surface area contributed by atoms with Crippen molar-refractivity contribution in [2.75, 3.05) is 7.11 Å². The van der Waals surface area contributed by atoms with Crippen molar-refractivity contribution in [2.24, 2.45) is 5.92 Å². The predicted octanol–water partition coefficient (Wildman–Crippen LogP) is 5.35. The molecule has 1 aliphatic heterocycles. The molecule has 2 nitrogen and oxygen atoms in total. The maximum atomic E-state index is 6.52. The summed E-state index contributed by atoms with van der Waals surface area (Å²) in [7, 11) is 1.69. The lowest BCUT2D eigenvalue weighted by atomic mass is 9.82. The molecule has 2 aromatic rings. The number of ether oxygens (including phenoxy) is 2. The van der Waals surface area contributed by atoms with Crippen molar-refractivity contribution in [3.63, 3.8) is 0 Å². The average molecular weight is 322 g/mol. The number of methoxy groups -OCH3 is 1. The van der Waals surface area contributed by atoms with Gasteiger partial charge in [-0.3, -0.25) is 0 Å². The molecule has 0 saturated carbocycles. The third-order valence-electron chi connectivity index (χ3n) is 4.89. The van der Waals surface area contributed by atoms with Crippen molar-refractivity contribution < 1.29 is 9.47 Å². The van der Waals surface area contributed by atoms with Gasteiger partial charge in [0, 0.05) is 5.92 Å². The van der Waals surface area contributed by atoms with Gasteiger partial charge in [0.05, 0.1) is 19.3 Å². The molecule has 3 atom stereocenters. The second-order valence-corrected chi connectivity index (χ2v) is 6.67. The number of benzene rings is 2. The lowest BCUT2D eigenvalue weighted by molar-refractivity contribution is -0.0754. The fourth-order valence-corrected chi connectivity index (χ4v) is 3.52. The topological polar surface area (TPSA) is 18.5 Å². The molecule has 0 unspecified atom stereocenters. The van der Waals surface area contributed by atoms with E-state index in [4.69, 9.17) is 9.47 Å². The fourth-order valence-electron chi connectivity index (χ4n) is 3.52. The Bertz CT molecular complexity index is 660. The van der Waals surface area contributed by atoms with Crippen LogP contribution in [-0.2, 0) is 11.2 Å². The Morgan fingerprint density at radius 1 is 1.08 bits per heavy atom. The number of hydrogen-bond donors (Lipinski definition) is 0. The molecular weight excluding hydrogens is 296 g/mol. The van der Waals surface area contributed by atoms with Crippen LogP contribution in [0.1, 0.15) is 37.0 Å². The van der Waals surface area contributed by atoms with Gasteiger partial charge in [0.1, 0.15) is 5.75 Å². The minimum absolute atomic E-state index is 0.0795. The van der Waals surface area contributed by atoms with Crippen LogP contribution >= 0.6 is 0 Å². The molecule has 2 aromatic carbocycles. The number of rotatable bonds is 5. The van der Waals surface area contributed by atoms with Crippen molar-refractivity contribution >= 4 is 0 Å². The molecule has 1 aliphatic rings. The summed E-state index contributed by atoms with van der Waals surface area (Å²) in [5.41, 5.74) is 3.75. The zero-order chi connectivity index (χ0) is 16.9. The van der Waals surface area contributed by atoms with Crippen LogP contribution in [0.4, 0.5) is 0 Å². The summed E-state index contributed by atoms with van der Waals surface area (Å²) in [6, 6.07) is 18.8. The van der Waals surface area contributed by atoms with Crippen molar-refractivity contribution in [3.8, 4) is 5.75 Å². The molecule has 3 rings (SSSR count). The summed E-state index contributed by atoms with van der Waals surface area (Å²) in [5, 5.41) is 0. The van der Waals surface area contributed by atoms with Gasteiger partial charge in [-0.1, -0.05) is 54.6 Å². The first kappa shape index (κ1) is 16.8. The highest BCUT2D eigenvalue weighted by molar-refractivity contribution is 5.30. The normalized spacial score (nSPS) is 23.7. The van der Waals surface area contributed by atoms with Crippen LogP contribution in [0.3, 0.4) is 0 Å². The van der Waals surface area contributed by atoms with E-state index in [1.54, 1.807) is 7.11 Å². The highest BCUT2D eigenvalue weighted by Gasteiger charge is 2.32. The standard InChI is InChI=1S/C22H26O2/c1-16(2)21-14-13-20(15-17-7-5-4-6-8-17)24-22(21)18-9-11-19(23-3)12-10-18/h4-12,20-22H,1,13-15H2,2-3H3/t20-,21-,22-/m1/s1. The molecule has 0 bridgehead atoms. The molecule has 0 amide bonds. The minimum Gasteiger partial charge on any atom is -0.497 e. The molecule has 126 valence electrons. The summed E-state index contributed by atoms with van der Waals surface area (Å²) < 4.78 is 11.8. The van der Waals surface area contributed by atoms with Crippen molar-refractivity contribution in [2.45, 2.75) is 38.4 Å². The maximum absolute atomic E-state index is 6.52. The van der Waals surface area contributed by atoms with Crippen LogP contribution in [0.25, 0.3) is 0 Å². The van der Waals surface area contributed by atoms with Crippen molar-refractivity contribution in [3.05, 3.63) is 77.9 Å². The average Bonchev–Trinajstić information content (AvgIpc) is 2.62. The van der Waals surface area contributed by atoms with Gasteiger partial charge in [0.15, 0.2) is 0 Å². The van der Waals surface area contributed by atoms with E-state index in [9.17, 15) is 0 Å². The first-order valence-corrected chi connectivity index (χ1v) is 8.66. The second kappa shape index (κ2) is 7.67. The van der Waals surface area contributed by atoms with E-state index < -0.39 is 0 Å². The maximum Gasteiger partial charge on any atom is 0.118 e. The SMILES string of the molecule is C=C(C)[C@H]1CC[C@H](Cc2ccccc2)O[C@@H]1c1ccc(OC)cc1. The minimum atomic E-state index is 0.0795. The molecule has 0 radical (unpaired) electrons. The zero-order valence-corrected chi connectivity index (χ0v) is 14.6. The van der Waals surface area contributed by atoms with E-state index >= 15 is 0 Å². The highest BCUT2D eigenvalue weighted by Crippen LogP contribution is 2.40. The van der Waals surface area contributed by atoms with Gasteiger partial charge in [0.2, 0.25) is 0 Å². The van der Waals surface area contributed by atoms with Crippen molar-refractivity contribution in [1.29, 1.82) is 0 Å². The quantitative estimate of drug-likeness (QED) is 0.691. The third-order valence-corrected chi connectivity index (χ3v) is 4.89. The molecule has 24 heavy (non-hydrogen) atoms. The molecule has 0 aromatic heterocycles. The van der Waals surface area contributed by atoms with Gasteiger partial charge in [-0.25, -0.2) is 0 Å². The fraction of sp³-hybridized carbons (Fsp3) is 0.364. The van der Waals surface area contributed by atoms with E-state index in [2.05, 4.69) is 56.0 Å². The Morgan fingerprint density at radius 2 is 1.79 bits per heavy atom. The number of hydrogen-bond acceptors (Lipinski definition) is 2. The van der Waals surface area contributed by atoms with Crippen LogP contribution in [0.15, 0.2) is 66.7 Å². The van der Waals surface area contributed by atoms with Crippen LogP contribution in [0.2, 0.25) is 0 Å². The summed E-state index contributed by atoms with van der Waals surface area (Å²) in [6.45, 7) is 6.31. The van der Waals surface area contributed by atoms with Crippen LogP contribution in [-0.4, -0.2) is 13.2 Å². The summed E-state index contributed by atoms with van der Waals surface area (Å²) in [4.78, 5) is 0. The van der Waals surface area contributed by atoms with Gasteiger partial charge in [-0.05, 0) is 49.4 Å². The van der Waals surface area contributed by atoms with Gasteiger partial charge < -0.3 is 9.47 Å². The van der Waals surface area contributed by atoms with Gasteiger partial charge in [-0.2, -0.15) is 0 Å². The molecule has 2 heteroatoms. The second-order valence-electron chi connectivity index (χ2n) is 6.67. The Labute approximate surface area is 145 Å². The monoisotopic (exact) mass is 322 g/mol. The molecular formula is C22H26O2. The van der Waals surface area contributed by atoms with E-state index in [1.165, 1.54) is 16.7 Å². The molecule has 1 heterocycles.